The molecule has 0 fully saturated rings. The van der Waals surface area contributed by atoms with E-state index in [2.05, 4.69) is 16.4 Å². The Bertz CT molecular complexity index is 1000. The summed E-state index contributed by atoms with van der Waals surface area (Å²) < 4.78 is 0. The van der Waals surface area contributed by atoms with Gasteiger partial charge in [-0.15, -0.1) is 0 Å². The molecule has 5 heteroatoms. The minimum Gasteiger partial charge on any atom is -0.383 e. The molecule has 1 aromatic heterocycles. The van der Waals surface area contributed by atoms with Crippen molar-refractivity contribution in [2.75, 3.05) is 5.73 Å². The molecule has 0 bridgehead atoms. The van der Waals surface area contributed by atoms with Gasteiger partial charge in [-0.3, -0.25) is 4.79 Å². The number of pyridine rings is 1. The summed E-state index contributed by atoms with van der Waals surface area (Å²) in [7, 11) is 0. The van der Waals surface area contributed by atoms with Crippen molar-refractivity contribution >= 4 is 11.7 Å². The number of anilines is 1. The molecule has 0 aliphatic heterocycles. The number of hydrogen-bond donors (Lipinski definition) is 2. The molecule has 3 N–H and O–H groups in total. The second-order valence-corrected chi connectivity index (χ2v) is 6.55. The molecule has 5 nitrogen and oxygen atoms in total. The third-order valence-electron chi connectivity index (χ3n) is 4.14. The third kappa shape index (κ3) is 4.13. The number of benzene rings is 2. The van der Waals surface area contributed by atoms with E-state index in [1.807, 2.05) is 44.2 Å². The molecule has 0 aliphatic carbocycles. The third-order valence-corrected chi connectivity index (χ3v) is 4.14. The van der Waals surface area contributed by atoms with Crippen molar-refractivity contribution in [2.24, 2.45) is 0 Å². The Kier molecular flexibility index (Phi) is 5.18. The van der Waals surface area contributed by atoms with E-state index in [0.29, 0.717) is 16.9 Å². The average molecular weight is 356 g/mol. The first kappa shape index (κ1) is 18.2. The van der Waals surface area contributed by atoms with Gasteiger partial charge in [0.2, 0.25) is 0 Å². The Labute approximate surface area is 158 Å². The normalized spacial score (nSPS) is 10.4. The fourth-order valence-corrected chi connectivity index (χ4v) is 2.75. The van der Waals surface area contributed by atoms with Crippen LogP contribution in [-0.4, -0.2) is 16.9 Å². The number of nitrogens with one attached hydrogen (secondary N) is 1. The lowest BCUT2D eigenvalue weighted by Gasteiger charge is -2.10. The van der Waals surface area contributed by atoms with Crippen LogP contribution in [0, 0.1) is 11.3 Å². The lowest BCUT2D eigenvalue weighted by molar-refractivity contribution is 0.0943. The zero-order valence-corrected chi connectivity index (χ0v) is 15.2. The minimum absolute atomic E-state index is 0.0912. The number of nitrogens with zero attached hydrogens (tertiary/aromatic N) is 2. The van der Waals surface area contributed by atoms with Gasteiger partial charge in [0.1, 0.15) is 5.82 Å². The molecular formula is C22H20N4O. The summed E-state index contributed by atoms with van der Waals surface area (Å²) in [5.74, 6) is 0.335. The molecule has 0 saturated heterocycles. The second kappa shape index (κ2) is 7.71. The zero-order chi connectivity index (χ0) is 19.4. The van der Waals surface area contributed by atoms with E-state index >= 15 is 0 Å². The van der Waals surface area contributed by atoms with Crippen LogP contribution in [0.3, 0.4) is 0 Å². The van der Waals surface area contributed by atoms with Crippen LogP contribution in [0.2, 0.25) is 0 Å². The molecule has 0 aliphatic rings. The van der Waals surface area contributed by atoms with E-state index < -0.39 is 0 Å². The summed E-state index contributed by atoms with van der Waals surface area (Å²) in [5, 5.41) is 11.8. The molecule has 27 heavy (non-hydrogen) atoms. The number of carbonyl (C=O) groups excluding carboxylic acids is 1. The topological polar surface area (TPSA) is 91.8 Å². The van der Waals surface area contributed by atoms with Crippen LogP contribution in [0.5, 0.6) is 0 Å². The van der Waals surface area contributed by atoms with Crippen LogP contribution in [0.25, 0.3) is 22.3 Å². The van der Waals surface area contributed by atoms with E-state index in [4.69, 9.17) is 11.0 Å². The smallest absolute Gasteiger partial charge is 0.251 e. The predicted octanol–water partition coefficient (Wildman–Crippen LogP) is 4.01. The van der Waals surface area contributed by atoms with E-state index in [-0.39, 0.29) is 11.9 Å². The maximum atomic E-state index is 12.1. The Hall–Kier alpha value is -3.65. The fourth-order valence-electron chi connectivity index (χ4n) is 2.75. The Morgan fingerprint density at radius 2 is 1.67 bits per heavy atom. The van der Waals surface area contributed by atoms with Gasteiger partial charge in [-0.1, -0.05) is 24.3 Å². The van der Waals surface area contributed by atoms with Gasteiger partial charge >= 0.3 is 0 Å². The number of aromatic nitrogens is 1. The lowest BCUT2D eigenvalue weighted by Crippen LogP contribution is -2.29. The Morgan fingerprint density at radius 3 is 2.26 bits per heavy atom. The Morgan fingerprint density at radius 1 is 1.04 bits per heavy atom. The summed E-state index contributed by atoms with van der Waals surface area (Å²) in [6, 6.07) is 18.8. The van der Waals surface area contributed by atoms with Crippen molar-refractivity contribution < 1.29 is 4.79 Å². The Balaban J connectivity index is 1.91. The van der Waals surface area contributed by atoms with Gasteiger partial charge in [-0.25, -0.2) is 4.98 Å². The number of nitrogens with two attached hydrogens (primary N) is 1. The SMILES string of the molecule is CC(C)NC(=O)c1ccc(-c2cnc(N)c(-c3ccc(C#N)cc3)c2)cc1. The first-order chi connectivity index (χ1) is 13.0. The predicted molar refractivity (Wildman–Crippen MR) is 107 cm³/mol. The summed E-state index contributed by atoms with van der Waals surface area (Å²) in [6.07, 6.45) is 1.71. The highest BCUT2D eigenvalue weighted by molar-refractivity contribution is 5.95. The number of nitrogen functional groups attached to an aromatic ring is 1. The van der Waals surface area contributed by atoms with Gasteiger partial charge in [0.05, 0.1) is 11.6 Å². The quantitative estimate of drug-likeness (QED) is 0.739. The van der Waals surface area contributed by atoms with Gasteiger partial charge in [0, 0.05) is 28.9 Å². The molecule has 3 rings (SSSR count). The molecule has 0 radical (unpaired) electrons. The van der Waals surface area contributed by atoms with Crippen molar-refractivity contribution in [1.29, 1.82) is 5.26 Å². The van der Waals surface area contributed by atoms with E-state index in [9.17, 15) is 4.79 Å². The molecule has 0 saturated carbocycles. The highest BCUT2D eigenvalue weighted by atomic mass is 16.1. The summed E-state index contributed by atoms with van der Waals surface area (Å²) in [5.41, 5.74) is 10.8. The first-order valence-corrected chi connectivity index (χ1v) is 8.65. The van der Waals surface area contributed by atoms with Crippen molar-refractivity contribution in [1.82, 2.24) is 10.3 Å². The standard InChI is InChI=1S/C22H20N4O/c1-14(2)26-22(27)18-9-7-16(8-10-18)19-11-20(21(24)25-13-19)17-5-3-15(12-23)4-6-17/h3-11,13-14H,1-2H3,(H2,24,25)(H,26,27). The van der Waals surface area contributed by atoms with Crippen LogP contribution in [-0.2, 0) is 0 Å². The average Bonchev–Trinajstić information content (AvgIpc) is 2.68. The van der Waals surface area contributed by atoms with E-state index in [1.54, 1.807) is 30.5 Å². The van der Waals surface area contributed by atoms with Gasteiger partial charge in [0.25, 0.3) is 5.91 Å². The van der Waals surface area contributed by atoms with Crippen LogP contribution < -0.4 is 11.1 Å². The van der Waals surface area contributed by atoms with E-state index in [0.717, 1.165) is 22.3 Å². The zero-order valence-electron chi connectivity index (χ0n) is 15.2. The number of carbonyl (C=O) groups is 1. The van der Waals surface area contributed by atoms with E-state index in [1.165, 1.54) is 0 Å². The van der Waals surface area contributed by atoms with Crippen LogP contribution in [0.1, 0.15) is 29.8 Å². The maximum absolute atomic E-state index is 12.1. The van der Waals surface area contributed by atoms with Gasteiger partial charge < -0.3 is 11.1 Å². The highest BCUT2D eigenvalue weighted by Crippen LogP contribution is 2.29. The van der Waals surface area contributed by atoms with Crippen molar-refractivity contribution in [3.05, 3.63) is 71.9 Å². The lowest BCUT2D eigenvalue weighted by atomic mass is 9.99. The fraction of sp³-hybridized carbons (Fsp3) is 0.136. The summed E-state index contributed by atoms with van der Waals surface area (Å²) in [6.45, 7) is 3.86. The summed E-state index contributed by atoms with van der Waals surface area (Å²) >= 11 is 0. The number of rotatable bonds is 4. The van der Waals surface area contributed by atoms with Crippen molar-refractivity contribution in [3.8, 4) is 28.3 Å². The molecule has 0 unspecified atom stereocenters. The molecule has 1 heterocycles. The van der Waals surface area contributed by atoms with Gasteiger partial charge in [0.15, 0.2) is 0 Å². The minimum atomic E-state index is -0.0924. The van der Waals surface area contributed by atoms with Crippen LogP contribution in [0.4, 0.5) is 5.82 Å². The molecule has 134 valence electrons. The van der Waals surface area contributed by atoms with Gasteiger partial charge in [-0.05, 0) is 55.3 Å². The maximum Gasteiger partial charge on any atom is 0.251 e. The van der Waals surface area contributed by atoms with Crippen LogP contribution in [0.15, 0.2) is 60.8 Å². The molecule has 3 aromatic rings. The molecule has 1 amide bonds. The molecular weight excluding hydrogens is 336 g/mol. The van der Waals surface area contributed by atoms with Gasteiger partial charge in [-0.2, -0.15) is 5.26 Å². The number of nitriles is 1. The summed E-state index contributed by atoms with van der Waals surface area (Å²) in [4.78, 5) is 16.4. The molecule has 2 aromatic carbocycles. The van der Waals surface area contributed by atoms with Crippen LogP contribution >= 0.6 is 0 Å². The van der Waals surface area contributed by atoms with Crippen molar-refractivity contribution in [3.63, 3.8) is 0 Å². The highest BCUT2D eigenvalue weighted by Gasteiger charge is 2.10. The second-order valence-electron chi connectivity index (χ2n) is 6.55. The monoisotopic (exact) mass is 356 g/mol. The molecule has 0 spiro atoms. The van der Waals surface area contributed by atoms with Crippen molar-refractivity contribution in [2.45, 2.75) is 19.9 Å². The molecule has 0 atom stereocenters. The number of hydrogen-bond acceptors (Lipinski definition) is 4. The largest absolute Gasteiger partial charge is 0.383 e. The number of amides is 1. The first-order valence-electron chi connectivity index (χ1n) is 8.65.